The van der Waals surface area contributed by atoms with Gasteiger partial charge in [-0.05, 0) is 103 Å². The van der Waals surface area contributed by atoms with Crippen molar-refractivity contribution in [2.75, 3.05) is 12.0 Å². The molecule has 2 N–H and O–H groups in total. The Hall–Kier alpha value is -3.61. The fourth-order valence-corrected chi connectivity index (χ4v) is 7.28. The summed E-state index contributed by atoms with van der Waals surface area (Å²) in [5.74, 6) is 1.18. The molecule has 7 rings (SSSR count). The van der Waals surface area contributed by atoms with Gasteiger partial charge >= 0.3 is 6.03 Å². The summed E-state index contributed by atoms with van der Waals surface area (Å²) < 4.78 is 5.04. The normalized spacial score (nSPS) is 30.7. The number of hydrogen-bond acceptors (Lipinski definition) is 5. The van der Waals surface area contributed by atoms with Gasteiger partial charge in [0.15, 0.2) is 11.5 Å². The van der Waals surface area contributed by atoms with Crippen molar-refractivity contribution in [1.29, 1.82) is 0 Å². The number of benzene rings is 2. The summed E-state index contributed by atoms with van der Waals surface area (Å²) in [5.41, 5.74) is 2.20. The van der Waals surface area contributed by atoms with Crippen LogP contribution in [0.1, 0.15) is 49.7 Å². The molecule has 0 radical (unpaired) electrons. The van der Waals surface area contributed by atoms with Crippen LogP contribution in [0.25, 0.3) is 6.08 Å². The van der Waals surface area contributed by atoms with Crippen LogP contribution in [0.15, 0.2) is 48.0 Å². The maximum atomic E-state index is 13.3. The summed E-state index contributed by atoms with van der Waals surface area (Å²) >= 11 is 0. The molecule has 1 saturated heterocycles. The molecule has 35 heavy (non-hydrogen) atoms. The van der Waals surface area contributed by atoms with Gasteiger partial charge in [0, 0.05) is 0 Å². The van der Waals surface area contributed by atoms with E-state index < -0.39 is 17.8 Å². The Balaban J connectivity index is 1.28. The second kappa shape index (κ2) is 7.97. The fourth-order valence-electron chi connectivity index (χ4n) is 7.28. The van der Waals surface area contributed by atoms with E-state index in [-0.39, 0.29) is 22.5 Å². The highest BCUT2D eigenvalue weighted by atomic mass is 16.5. The number of methoxy groups -OCH3 is 1. The van der Waals surface area contributed by atoms with E-state index in [1.54, 1.807) is 12.1 Å². The van der Waals surface area contributed by atoms with Crippen LogP contribution in [0.5, 0.6) is 11.5 Å². The highest BCUT2D eigenvalue weighted by Crippen LogP contribution is 2.60. The molecule has 2 aromatic rings. The van der Waals surface area contributed by atoms with E-state index in [1.165, 1.54) is 63.3 Å². The molecule has 0 spiro atoms. The lowest BCUT2D eigenvalue weighted by Crippen LogP contribution is -2.54. The number of carbonyl (C=O) groups is 3. The van der Waals surface area contributed by atoms with Crippen LogP contribution in [0.4, 0.5) is 10.5 Å². The lowest BCUT2D eigenvalue weighted by atomic mass is 9.48. The third-order valence-electron chi connectivity index (χ3n) is 8.39. The standard InChI is InChI=1S/C28H28N2O5/c1-35-24-7-2-16(12-23(24)31)11-22-25(32)29-27(34)30(26(22)33)21-5-3-20(4-6-21)28-13-17-8-18(14-28)10-19(9-17)15-28/h2-7,11-12,17-19,31H,8-10,13-15H2,1H3,(H,29,32,34)/b22-11+. The number of nitrogens with zero attached hydrogens (tertiary/aromatic N) is 1. The molecule has 4 amide bonds. The van der Waals surface area contributed by atoms with Gasteiger partial charge in [-0.1, -0.05) is 18.2 Å². The quantitative estimate of drug-likeness (QED) is 0.503. The summed E-state index contributed by atoms with van der Waals surface area (Å²) in [4.78, 5) is 39.4. The molecule has 2 aromatic carbocycles. The summed E-state index contributed by atoms with van der Waals surface area (Å²) in [6.45, 7) is 0. The number of phenols is 1. The number of urea groups is 1. The lowest BCUT2D eigenvalue weighted by molar-refractivity contribution is -0.122. The number of imide groups is 2. The zero-order valence-electron chi connectivity index (χ0n) is 19.6. The Bertz CT molecular complexity index is 1230. The number of phenolic OH excluding ortho intramolecular Hbond substituents is 1. The largest absolute Gasteiger partial charge is 0.504 e. The first-order valence-corrected chi connectivity index (χ1v) is 12.2. The average molecular weight is 473 g/mol. The van der Waals surface area contributed by atoms with Crippen LogP contribution in [0.2, 0.25) is 0 Å². The predicted molar refractivity (Wildman–Crippen MR) is 130 cm³/mol. The first kappa shape index (κ1) is 21.9. The molecule has 5 fully saturated rings. The second-order valence-corrected chi connectivity index (χ2v) is 10.6. The van der Waals surface area contributed by atoms with Crippen LogP contribution in [0, 0.1) is 17.8 Å². The van der Waals surface area contributed by atoms with E-state index in [0.717, 1.165) is 22.7 Å². The Morgan fingerprint density at radius 1 is 0.971 bits per heavy atom. The van der Waals surface area contributed by atoms with Crippen LogP contribution in [0.3, 0.4) is 0 Å². The summed E-state index contributed by atoms with van der Waals surface area (Å²) in [5, 5.41) is 12.3. The lowest BCUT2D eigenvalue weighted by Gasteiger charge is -2.57. The van der Waals surface area contributed by atoms with E-state index in [0.29, 0.717) is 11.3 Å². The van der Waals surface area contributed by atoms with Gasteiger partial charge in [-0.3, -0.25) is 14.9 Å². The molecule has 0 atom stereocenters. The monoisotopic (exact) mass is 472 g/mol. The van der Waals surface area contributed by atoms with E-state index in [2.05, 4.69) is 17.4 Å². The summed E-state index contributed by atoms with van der Waals surface area (Å²) in [6.07, 6.45) is 9.17. The van der Waals surface area contributed by atoms with Crippen LogP contribution in [-0.2, 0) is 15.0 Å². The molecule has 1 heterocycles. The first-order chi connectivity index (χ1) is 16.8. The van der Waals surface area contributed by atoms with Crippen molar-refractivity contribution in [2.45, 2.75) is 43.9 Å². The van der Waals surface area contributed by atoms with Gasteiger partial charge in [-0.2, -0.15) is 0 Å². The van der Waals surface area contributed by atoms with Gasteiger partial charge in [-0.25, -0.2) is 9.69 Å². The molecule has 180 valence electrons. The van der Waals surface area contributed by atoms with Crippen molar-refractivity contribution in [1.82, 2.24) is 5.32 Å². The number of aromatic hydroxyl groups is 1. The van der Waals surface area contributed by atoms with Crippen LogP contribution in [-0.4, -0.2) is 30.1 Å². The zero-order valence-corrected chi connectivity index (χ0v) is 19.6. The predicted octanol–water partition coefficient (Wildman–Crippen LogP) is 4.54. The van der Waals surface area contributed by atoms with E-state index >= 15 is 0 Å². The minimum Gasteiger partial charge on any atom is -0.504 e. The summed E-state index contributed by atoms with van der Waals surface area (Å²) in [7, 11) is 1.43. The van der Waals surface area contributed by atoms with Gasteiger partial charge < -0.3 is 9.84 Å². The number of anilines is 1. The fraction of sp³-hybridized carbons (Fsp3) is 0.393. The van der Waals surface area contributed by atoms with E-state index in [1.807, 2.05) is 12.1 Å². The third-order valence-corrected chi connectivity index (χ3v) is 8.39. The van der Waals surface area contributed by atoms with Crippen LogP contribution < -0.4 is 15.0 Å². The van der Waals surface area contributed by atoms with Gasteiger partial charge in [0.2, 0.25) is 0 Å². The molecular weight excluding hydrogens is 444 g/mol. The molecule has 7 heteroatoms. The van der Waals surface area contributed by atoms with Crippen molar-refractivity contribution >= 4 is 29.6 Å². The number of amides is 4. The molecule has 4 saturated carbocycles. The van der Waals surface area contributed by atoms with Gasteiger partial charge in [0.25, 0.3) is 11.8 Å². The Morgan fingerprint density at radius 2 is 1.60 bits per heavy atom. The maximum Gasteiger partial charge on any atom is 0.335 e. The summed E-state index contributed by atoms with van der Waals surface area (Å²) in [6, 6.07) is 11.5. The van der Waals surface area contributed by atoms with Crippen molar-refractivity contribution in [3.05, 3.63) is 59.2 Å². The minimum atomic E-state index is -0.767. The molecule has 4 aliphatic carbocycles. The number of barbiturate groups is 1. The van der Waals surface area contributed by atoms with Gasteiger partial charge in [-0.15, -0.1) is 0 Å². The highest BCUT2D eigenvalue weighted by Gasteiger charge is 2.51. The zero-order chi connectivity index (χ0) is 24.3. The second-order valence-electron chi connectivity index (χ2n) is 10.6. The highest BCUT2D eigenvalue weighted by molar-refractivity contribution is 6.39. The van der Waals surface area contributed by atoms with Crippen molar-refractivity contribution < 1.29 is 24.2 Å². The van der Waals surface area contributed by atoms with Crippen molar-refractivity contribution in [2.24, 2.45) is 17.8 Å². The minimum absolute atomic E-state index is 0.112. The smallest absolute Gasteiger partial charge is 0.335 e. The number of nitrogens with one attached hydrogen (secondary N) is 1. The molecule has 7 nitrogen and oxygen atoms in total. The molecule has 1 aliphatic heterocycles. The van der Waals surface area contributed by atoms with Gasteiger partial charge in [0.05, 0.1) is 12.8 Å². The van der Waals surface area contributed by atoms with E-state index in [9.17, 15) is 19.5 Å². The molecule has 4 bridgehead atoms. The van der Waals surface area contributed by atoms with Crippen LogP contribution >= 0.6 is 0 Å². The SMILES string of the molecule is COc1ccc(/C=C2\C(=O)NC(=O)N(c3ccc(C45CC6CC(CC(C6)C4)C5)cc3)C2=O)cc1O. The maximum absolute atomic E-state index is 13.3. The average Bonchev–Trinajstić information content (AvgIpc) is 2.81. The Labute approximate surface area is 203 Å². The molecular formula is C28H28N2O5. The number of ether oxygens (including phenoxy) is 1. The van der Waals surface area contributed by atoms with E-state index in [4.69, 9.17) is 4.74 Å². The number of hydrogen-bond donors (Lipinski definition) is 2. The van der Waals surface area contributed by atoms with Gasteiger partial charge in [0.1, 0.15) is 5.57 Å². The Morgan fingerprint density at radius 3 is 2.17 bits per heavy atom. The molecule has 5 aliphatic rings. The third kappa shape index (κ3) is 3.61. The Kier molecular flexibility index (Phi) is 4.99. The first-order valence-electron chi connectivity index (χ1n) is 12.2. The van der Waals surface area contributed by atoms with Crippen molar-refractivity contribution in [3.63, 3.8) is 0 Å². The molecule has 0 unspecified atom stereocenters. The van der Waals surface area contributed by atoms with Crippen molar-refractivity contribution in [3.8, 4) is 11.5 Å². The number of rotatable bonds is 4. The topological polar surface area (TPSA) is 95.9 Å². The number of carbonyl (C=O) groups excluding carboxylic acids is 3. The molecule has 0 aromatic heterocycles.